The maximum atomic E-state index is 12.6. The second kappa shape index (κ2) is 8.68. The molecule has 1 N–H and O–H groups in total. The topological polar surface area (TPSA) is 61.9 Å². The third kappa shape index (κ3) is 4.71. The summed E-state index contributed by atoms with van der Waals surface area (Å²) in [7, 11) is 0. The molecule has 0 saturated carbocycles. The number of hydrogen-bond acceptors (Lipinski definition) is 3. The predicted molar refractivity (Wildman–Crippen MR) is 94.1 cm³/mol. The molecule has 1 saturated heterocycles. The Morgan fingerprint density at radius 3 is 2.67 bits per heavy atom. The Morgan fingerprint density at radius 1 is 1.29 bits per heavy atom. The number of anilines is 1. The SMILES string of the molecule is CC(C)OCCCNC(=O)N1CCN(c2ccccc2)C(=O)[C@H]1C. The van der Waals surface area contributed by atoms with E-state index in [1.54, 1.807) is 16.7 Å². The van der Waals surface area contributed by atoms with Gasteiger partial charge in [0.1, 0.15) is 6.04 Å². The minimum Gasteiger partial charge on any atom is -0.379 e. The number of rotatable bonds is 6. The lowest BCUT2D eigenvalue weighted by Gasteiger charge is -2.39. The molecule has 1 aromatic carbocycles. The molecule has 0 bridgehead atoms. The Morgan fingerprint density at radius 2 is 2.00 bits per heavy atom. The van der Waals surface area contributed by atoms with Gasteiger partial charge in [0.2, 0.25) is 5.91 Å². The van der Waals surface area contributed by atoms with Crippen molar-refractivity contribution >= 4 is 17.6 Å². The lowest BCUT2D eigenvalue weighted by molar-refractivity contribution is -0.124. The van der Waals surface area contributed by atoms with Gasteiger partial charge in [0.25, 0.3) is 0 Å². The van der Waals surface area contributed by atoms with Crippen LogP contribution in [0.15, 0.2) is 30.3 Å². The van der Waals surface area contributed by atoms with Gasteiger partial charge in [0.15, 0.2) is 0 Å². The molecule has 1 atom stereocenters. The summed E-state index contributed by atoms with van der Waals surface area (Å²) in [6.45, 7) is 7.95. The molecule has 1 fully saturated rings. The van der Waals surface area contributed by atoms with Gasteiger partial charge in [-0.1, -0.05) is 18.2 Å². The summed E-state index contributed by atoms with van der Waals surface area (Å²) in [6, 6.07) is 8.91. The van der Waals surface area contributed by atoms with Crippen molar-refractivity contribution in [3.8, 4) is 0 Å². The van der Waals surface area contributed by atoms with E-state index in [0.29, 0.717) is 26.2 Å². The molecule has 1 aliphatic heterocycles. The van der Waals surface area contributed by atoms with E-state index in [2.05, 4.69) is 5.32 Å². The van der Waals surface area contributed by atoms with Crippen molar-refractivity contribution in [2.45, 2.75) is 39.3 Å². The lowest BCUT2D eigenvalue weighted by Crippen LogP contribution is -2.59. The van der Waals surface area contributed by atoms with E-state index in [1.165, 1.54) is 0 Å². The van der Waals surface area contributed by atoms with Gasteiger partial charge in [-0.25, -0.2) is 4.79 Å². The van der Waals surface area contributed by atoms with Crippen molar-refractivity contribution in [3.05, 3.63) is 30.3 Å². The summed E-state index contributed by atoms with van der Waals surface area (Å²) in [4.78, 5) is 28.2. The lowest BCUT2D eigenvalue weighted by atomic mass is 10.1. The fourth-order valence-corrected chi connectivity index (χ4v) is 2.70. The summed E-state index contributed by atoms with van der Waals surface area (Å²) < 4.78 is 5.44. The first-order valence-electron chi connectivity index (χ1n) is 8.53. The summed E-state index contributed by atoms with van der Waals surface area (Å²) in [5, 5.41) is 2.87. The number of hydrogen-bond donors (Lipinski definition) is 1. The fraction of sp³-hybridized carbons (Fsp3) is 0.556. The average molecular weight is 333 g/mol. The van der Waals surface area contributed by atoms with E-state index >= 15 is 0 Å². The molecule has 132 valence electrons. The molecule has 0 unspecified atom stereocenters. The zero-order chi connectivity index (χ0) is 17.5. The van der Waals surface area contributed by atoms with E-state index < -0.39 is 6.04 Å². The highest BCUT2D eigenvalue weighted by Crippen LogP contribution is 2.19. The van der Waals surface area contributed by atoms with Gasteiger partial charge >= 0.3 is 6.03 Å². The van der Waals surface area contributed by atoms with E-state index in [-0.39, 0.29) is 18.0 Å². The molecule has 0 spiro atoms. The highest BCUT2D eigenvalue weighted by atomic mass is 16.5. The van der Waals surface area contributed by atoms with Crippen molar-refractivity contribution < 1.29 is 14.3 Å². The second-order valence-corrected chi connectivity index (χ2v) is 6.20. The average Bonchev–Trinajstić information content (AvgIpc) is 2.57. The molecule has 24 heavy (non-hydrogen) atoms. The summed E-state index contributed by atoms with van der Waals surface area (Å²) >= 11 is 0. The Labute approximate surface area is 143 Å². The Kier molecular flexibility index (Phi) is 6.61. The van der Waals surface area contributed by atoms with Crippen LogP contribution in [0, 0.1) is 0 Å². The predicted octanol–water partition coefficient (Wildman–Crippen LogP) is 2.25. The zero-order valence-electron chi connectivity index (χ0n) is 14.7. The Bertz CT molecular complexity index is 548. The van der Waals surface area contributed by atoms with Crippen LogP contribution in [0.1, 0.15) is 27.2 Å². The molecule has 6 heteroatoms. The number of para-hydroxylation sites is 1. The second-order valence-electron chi connectivity index (χ2n) is 6.20. The summed E-state index contributed by atoms with van der Waals surface area (Å²) in [5.41, 5.74) is 0.875. The van der Waals surface area contributed by atoms with E-state index in [0.717, 1.165) is 12.1 Å². The molecular weight excluding hydrogens is 306 g/mol. The molecule has 1 heterocycles. The summed E-state index contributed by atoms with van der Waals surface area (Å²) in [6.07, 6.45) is 0.959. The van der Waals surface area contributed by atoms with Gasteiger partial charge < -0.3 is 19.9 Å². The smallest absolute Gasteiger partial charge is 0.318 e. The molecular formula is C18H27N3O3. The van der Waals surface area contributed by atoms with Crippen LogP contribution in [0.5, 0.6) is 0 Å². The molecule has 1 aliphatic rings. The molecule has 3 amide bonds. The summed E-state index contributed by atoms with van der Waals surface area (Å²) in [5.74, 6) is -0.0502. The molecule has 0 aromatic heterocycles. The Hall–Kier alpha value is -2.08. The number of piperazine rings is 1. The maximum Gasteiger partial charge on any atom is 0.318 e. The van der Waals surface area contributed by atoms with E-state index in [9.17, 15) is 9.59 Å². The number of urea groups is 1. The number of amides is 3. The molecule has 0 radical (unpaired) electrons. The maximum absolute atomic E-state index is 12.6. The van der Waals surface area contributed by atoms with Gasteiger partial charge in [-0.3, -0.25) is 4.79 Å². The number of carbonyl (C=O) groups is 2. The molecule has 2 rings (SSSR count). The van der Waals surface area contributed by atoms with E-state index in [4.69, 9.17) is 4.74 Å². The zero-order valence-corrected chi connectivity index (χ0v) is 14.7. The monoisotopic (exact) mass is 333 g/mol. The standard InChI is InChI=1S/C18H27N3O3/c1-14(2)24-13-7-10-19-18(23)20-11-12-21(17(22)15(20)3)16-8-5-4-6-9-16/h4-6,8-9,14-15H,7,10-13H2,1-3H3,(H,19,23)/t15-/m1/s1. The first kappa shape index (κ1) is 18.3. The van der Waals surface area contributed by atoms with Crippen LogP contribution < -0.4 is 10.2 Å². The number of benzene rings is 1. The van der Waals surface area contributed by atoms with Crippen LogP contribution in [0.3, 0.4) is 0 Å². The molecule has 0 aliphatic carbocycles. The van der Waals surface area contributed by atoms with Gasteiger partial charge in [0, 0.05) is 31.9 Å². The third-order valence-corrected chi connectivity index (χ3v) is 4.03. The van der Waals surface area contributed by atoms with Gasteiger partial charge in [0.05, 0.1) is 6.10 Å². The molecule has 1 aromatic rings. The van der Waals surface area contributed by atoms with Crippen LogP contribution in [0.2, 0.25) is 0 Å². The highest BCUT2D eigenvalue weighted by Gasteiger charge is 2.34. The molecule has 6 nitrogen and oxygen atoms in total. The number of ether oxygens (including phenoxy) is 1. The minimum absolute atomic E-state index is 0.0502. The van der Waals surface area contributed by atoms with Gasteiger partial charge in [-0.15, -0.1) is 0 Å². The van der Waals surface area contributed by atoms with Crippen LogP contribution >= 0.6 is 0 Å². The van der Waals surface area contributed by atoms with Crippen molar-refractivity contribution in [3.63, 3.8) is 0 Å². The van der Waals surface area contributed by atoms with Crippen molar-refractivity contribution in [1.82, 2.24) is 10.2 Å². The first-order valence-corrected chi connectivity index (χ1v) is 8.53. The number of nitrogens with zero attached hydrogens (tertiary/aromatic N) is 2. The van der Waals surface area contributed by atoms with Crippen LogP contribution in [0.25, 0.3) is 0 Å². The van der Waals surface area contributed by atoms with Crippen molar-refractivity contribution in [1.29, 1.82) is 0 Å². The first-order chi connectivity index (χ1) is 11.5. The fourth-order valence-electron chi connectivity index (χ4n) is 2.70. The highest BCUT2D eigenvalue weighted by molar-refractivity contribution is 5.99. The van der Waals surface area contributed by atoms with Gasteiger partial charge in [-0.05, 0) is 39.3 Å². The van der Waals surface area contributed by atoms with Crippen molar-refractivity contribution in [2.75, 3.05) is 31.1 Å². The third-order valence-electron chi connectivity index (χ3n) is 4.03. The van der Waals surface area contributed by atoms with Crippen LogP contribution in [0.4, 0.5) is 10.5 Å². The van der Waals surface area contributed by atoms with Gasteiger partial charge in [-0.2, -0.15) is 0 Å². The minimum atomic E-state index is -0.467. The van der Waals surface area contributed by atoms with Crippen LogP contribution in [-0.2, 0) is 9.53 Å². The normalized spacial score (nSPS) is 18.2. The Balaban J connectivity index is 1.83. The van der Waals surface area contributed by atoms with E-state index in [1.807, 2.05) is 44.2 Å². The number of carbonyl (C=O) groups excluding carboxylic acids is 2. The number of nitrogens with one attached hydrogen (secondary N) is 1. The van der Waals surface area contributed by atoms with Crippen LogP contribution in [-0.4, -0.2) is 55.2 Å². The quantitative estimate of drug-likeness (QED) is 0.812. The largest absolute Gasteiger partial charge is 0.379 e. The van der Waals surface area contributed by atoms with Crippen molar-refractivity contribution in [2.24, 2.45) is 0 Å².